The van der Waals surface area contributed by atoms with Crippen molar-refractivity contribution in [3.63, 3.8) is 0 Å². The Kier molecular flexibility index (Phi) is 3.37. The van der Waals surface area contributed by atoms with E-state index >= 15 is 0 Å². The second-order valence-corrected chi connectivity index (χ2v) is 5.61. The minimum atomic E-state index is -0.786. The normalized spacial score (nSPS) is 37.7. The highest BCUT2D eigenvalue weighted by Crippen LogP contribution is 2.46. The predicted octanol–water partition coefficient (Wildman–Crippen LogP) is 1.16. The van der Waals surface area contributed by atoms with Gasteiger partial charge in [0.1, 0.15) is 0 Å². The van der Waals surface area contributed by atoms with Crippen LogP contribution >= 0.6 is 15.9 Å². The Hall–Kier alpha value is -0.390. The molecule has 16 heavy (non-hydrogen) atoms. The molecular formula is C11H15BrO4. The molecule has 1 saturated heterocycles. The molecule has 0 spiro atoms. The smallest absolute Gasteiger partial charge is 0.308 e. The monoisotopic (exact) mass is 290 g/mol. The molecule has 2 aliphatic heterocycles. The first-order valence-electron chi connectivity index (χ1n) is 5.42. The van der Waals surface area contributed by atoms with Crippen LogP contribution in [0.5, 0.6) is 0 Å². The van der Waals surface area contributed by atoms with Crippen LogP contribution in [0.15, 0.2) is 12.2 Å². The lowest BCUT2D eigenvalue weighted by Gasteiger charge is -2.31. The van der Waals surface area contributed by atoms with Crippen molar-refractivity contribution < 1.29 is 19.4 Å². The summed E-state index contributed by atoms with van der Waals surface area (Å²) in [6, 6.07) is 0. The van der Waals surface area contributed by atoms with E-state index in [1.54, 1.807) is 6.92 Å². The van der Waals surface area contributed by atoms with Gasteiger partial charge >= 0.3 is 5.97 Å². The van der Waals surface area contributed by atoms with Crippen molar-refractivity contribution in [1.82, 2.24) is 0 Å². The van der Waals surface area contributed by atoms with E-state index in [1.807, 2.05) is 12.2 Å². The maximum atomic E-state index is 11.3. The van der Waals surface area contributed by atoms with Gasteiger partial charge < -0.3 is 14.6 Å². The van der Waals surface area contributed by atoms with Crippen LogP contribution in [0.3, 0.4) is 0 Å². The number of rotatable bonds is 4. The fourth-order valence-corrected chi connectivity index (χ4v) is 2.93. The van der Waals surface area contributed by atoms with Crippen molar-refractivity contribution >= 4 is 21.9 Å². The molecule has 0 aromatic heterocycles. The van der Waals surface area contributed by atoms with Gasteiger partial charge in [-0.2, -0.15) is 0 Å². The lowest BCUT2D eigenvalue weighted by Crippen LogP contribution is -2.44. The fourth-order valence-electron chi connectivity index (χ4n) is 2.19. The van der Waals surface area contributed by atoms with Crippen LogP contribution in [0, 0.1) is 0 Å². The Bertz CT molecular complexity index is 317. The molecule has 0 radical (unpaired) electrons. The Morgan fingerprint density at radius 2 is 2.50 bits per heavy atom. The highest BCUT2D eigenvalue weighted by Gasteiger charge is 2.52. The summed E-state index contributed by atoms with van der Waals surface area (Å²) >= 11 is 3.51. The zero-order valence-corrected chi connectivity index (χ0v) is 10.6. The fraction of sp³-hybridized carbons (Fsp3) is 0.727. The van der Waals surface area contributed by atoms with E-state index in [2.05, 4.69) is 15.9 Å². The van der Waals surface area contributed by atoms with E-state index in [4.69, 9.17) is 9.47 Å². The van der Waals surface area contributed by atoms with Gasteiger partial charge in [-0.1, -0.05) is 28.1 Å². The van der Waals surface area contributed by atoms with Crippen LogP contribution in [-0.4, -0.2) is 40.3 Å². The molecule has 4 nitrogen and oxygen atoms in total. The third kappa shape index (κ3) is 2.04. The quantitative estimate of drug-likeness (QED) is 0.480. The predicted molar refractivity (Wildman–Crippen MR) is 61.3 cm³/mol. The first kappa shape index (κ1) is 12.1. The van der Waals surface area contributed by atoms with E-state index in [-0.39, 0.29) is 24.6 Å². The number of carbonyl (C=O) groups excluding carboxylic acids is 1. The van der Waals surface area contributed by atoms with Crippen molar-refractivity contribution in [2.75, 3.05) is 6.61 Å². The molecule has 2 bridgehead atoms. The number of esters is 1. The summed E-state index contributed by atoms with van der Waals surface area (Å²) in [4.78, 5) is 11.3. The van der Waals surface area contributed by atoms with E-state index in [0.717, 1.165) is 0 Å². The summed E-state index contributed by atoms with van der Waals surface area (Å²) in [6.45, 7) is 2.08. The molecule has 4 atom stereocenters. The summed E-state index contributed by atoms with van der Waals surface area (Å²) in [6.07, 6.45) is 3.72. The number of hydrogen-bond donors (Lipinski definition) is 1. The van der Waals surface area contributed by atoms with Crippen molar-refractivity contribution in [2.24, 2.45) is 0 Å². The number of fused-ring (bicyclic) bond motifs is 2. The van der Waals surface area contributed by atoms with Gasteiger partial charge in [0, 0.05) is 0 Å². The van der Waals surface area contributed by atoms with Gasteiger partial charge in [-0.05, 0) is 13.3 Å². The van der Waals surface area contributed by atoms with Crippen molar-refractivity contribution in [2.45, 2.75) is 42.4 Å². The molecule has 0 aliphatic carbocycles. The third-order valence-electron chi connectivity index (χ3n) is 3.03. The van der Waals surface area contributed by atoms with Crippen LogP contribution in [0.25, 0.3) is 0 Å². The highest BCUT2D eigenvalue weighted by atomic mass is 79.9. The molecule has 2 aliphatic rings. The Balaban J connectivity index is 1.97. The SMILES string of the molecule is CCOC(=O)C[C@H](O)C1(Br)CC2C=CC1O2. The van der Waals surface area contributed by atoms with Crippen molar-refractivity contribution in [3.8, 4) is 0 Å². The Morgan fingerprint density at radius 3 is 3.00 bits per heavy atom. The van der Waals surface area contributed by atoms with Gasteiger partial charge in [-0.15, -0.1) is 0 Å². The number of alkyl halides is 1. The topological polar surface area (TPSA) is 55.8 Å². The van der Waals surface area contributed by atoms with Crippen LogP contribution in [-0.2, 0) is 14.3 Å². The van der Waals surface area contributed by atoms with Gasteiger partial charge in [0.2, 0.25) is 0 Å². The number of halogens is 1. The Morgan fingerprint density at radius 1 is 1.75 bits per heavy atom. The summed E-state index contributed by atoms with van der Waals surface area (Å²) in [5.41, 5.74) is 0. The number of hydrogen-bond acceptors (Lipinski definition) is 4. The standard InChI is InChI=1S/C11H15BrO4/c1-2-15-10(14)5-8(13)11(12)6-7-3-4-9(11)16-7/h3-4,7-9,13H,2,5-6H2,1H3/t7?,8-,9?,11?/m0/s1. The summed E-state index contributed by atoms with van der Waals surface area (Å²) in [5.74, 6) is -0.374. The molecule has 1 fully saturated rings. The minimum absolute atomic E-state index is 0.000486. The summed E-state index contributed by atoms with van der Waals surface area (Å²) in [7, 11) is 0. The number of aliphatic hydroxyl groups excluding tert-OH is 1. The zero-order chi connectivity index (χ0) is 11.8. The van der Waals surface area contributed by atoms with Crippen molar-refractivity contribution in [3.05, 3.63) is 12.2 Å². The van der Waals surface area contributed by atoms with Crippen molar-refractivity contribution in [1.29, 1.82) is 0 Å². The molecule has 1 N–H and O–H groups in total. The molecule has 3 unspecified atom stereocenters. The van der Waals surface area contributed by atoms with Gasteiger partial charge in [0.25, 0.3) is 0 Å². The molecule has 5 heteroatoms. The van der Waals surface area contributed by atoms with Crippen LogP contribution in [0.1, 0.15) is 19.8 Å². The van der Waals surface area contributed by atoms with Crippen LogP contribution in [0.4, 0.5) is 0 Å². The zero-order valence-electron chi connectivity index (χ0n) is 9.06. The van der Waals surface area contributed by atoms with Gasteiger partial charge in [-0.25, -0.2) is 0 Å². The number of ether oxygens (including phenoxy) is 2. The first-order chi connectivity index (χ1) is 7.56. The molecule has 90 valence electrons. The molecular weight excluding hydrogens is 276 g/mol. The lowest BCUT2D eigenvalue weighted by molar-refractivity contribution is -0.145. The van der Waals surface area contributed by atoms with Crippen LogP contribution in [0.2, 0.25) is 0 Å². The average molecular weight is 291 g/mol. The van der Waals surface area contributed by atoms with E-state index < -0.39 is 10.4 Å². The summed E-state index contributed by atoms with van der Waals surface area (Å²) < 4.78 is 9.86. The molecule has 2 heterocycles. The molecule has 0 amide bonds. The Labute approximate surface area is 103 Å². The summed E-state index contributed by atoms with van der Waals surface area (Å²) in [5, 5.41) is 10.1. The number of carbonyl (C=O) groups is 1. The lowest BCUT2D eigenvalue weighted by atomic mass is 9.87. The largest absolute Gasteiger partial charge is 0.466 e. The molecule has 2 rings (SSSR count). The highest BCUT2D eigenvalue weighted by molar-refractivity contribution is 9.10. The molecule has 0 aromatic rings. The van der Waals surface area contributed by atoms with Gasteiger partial charge in [0.05, 0.1) is 35.7 Å². The maximum absolute atomic E-state index is 11.3. The number of aliphatic hydroxyl groups is 1. The first-order valence-corrected chi connectivity index (χ1v) is 6.22. The third-order valence-corrected chi connectivity index (χ3v) is 4.33. The van der Waals surface area contributed by atoms with E-state index in [9.17, 15) is 9.90 Å². The molecule has 0 aromatic carbocycles. The van der Waals surface area contributed by atoms with E-state index in [1.165, 1.54) is 0 Å². The minimum Gasteiger partial charge on any atom is -0.466 e. The second kappa shape index (κ2) is 4.47. The molecule has 0 saturated carbocycles. The van der Waals surface area contributed by atoms with Gasteiger partial charge in [0.15, 0.2) is 0 Å². The van der Waals surface area contributed by atoms with E-state index in [0.29, 0.717) is 13.0 Å². The average Bonchev–Trinajstić information content (AvgIpc) is 2.77. The maximum Gasteiger partial charge on any atom is 0.308 e. The van der Waals surface area contributed by atoms with Gasteiger partial charge in [-0.3, -0.25) is 4.79 Å². The second-order valence-electron chi connectivity index (χ2n) is 4.14. The van der Waals surface area contributed by atoms with Crippen LogP contribution < -0.4 is 0 Å².